The van der Waals surface area contributed by atoms with Crippen LogP contribution < -0.4 is 10.5 Å². The summed E-state index contributed by atoms with van der Waals surface area (Å²) in [7, 11) is 0. The fraction of sp³-hybridized carbons (Fsp3) is 0.143. The number of halogens is 3. The van der Waals surface area contributed by atoms with Gasteiger partial charge in [-0.25, -0.2) is 14.4 Å². The summed E-state index contributed by atoms with van der Waals surface area (Å²) >= 11 is 0. The van der Waals surface area contributed by atoms with Crippen LogP contribution in [0.15, 0.2) is 77.6 Å². The van der Waals surface area contributed by atoms with E-state index in [2.05, 4.69) is 4.98 Å². The quantitative estimate of drug-likeness (QED) is 0.319. The first-order valence-electron chi connectivity index (χ1n) is 11.8. The maximum atomic E-state index is 13.5. The molecule has 0 radical (unpaired) electrons. The van der Waals surface area contributed by atoms with Gasteiger partial charge in [0, 0.05) is 22.3 Å². The van der Waals surface area contributed by atoms with Gasteiger partial charge in [0.1, 0.15) is 6.61 Å². The number of pyridine rings is 1. The molecule has 3 aromatic carbocycles. The molecular weight excluding hydrogens is 533 g/mol. The van der Waals surface area contributed by atoms with Crippen LogP contribution in [0.5, 0.6) is 0 Å². The SMILES string of the molecule is O=C(O)c1ccccc1C(=O)OCC1CN(c2ccc3cc(-c4ccccc4C(F)(F)F)[nH]c(=O)c3c2)C(=O)O1. The van der Waals surface area contributed by atoms with Gasteiger partial charge in [0.2, 0.25) is 0 Å². The van der Waals surface area contributed by atoms with Crippen LogP contribution >= 0.6 is 0 Å². The third-order valence-corrected chi connectivity index (χ3v) is 6.32. The molecule has 40 heavy (non-hydrogen) atoms. The number of nitrogens with one attached hydrogen (secondary N) is 1. The smallest absolute Gasteiger partial charge is 0.417 e. The number of carbonyl (C=O) groups is 3. The molecule has 0 saturated carbocycles. The van der Waals surface area contributed by atoms with Gasteiger partial charge < -0.3 is 19.6 Å². The molecule has 9 nitrogen and oxygen atoms in total. The van der Waals surface area contributed by atoms with E-state index in [1.54, 1.807) is 0 Å². The predicted octanol–water partition coefficient (Wildman–Crippen LogP) is 5.09. The number of alkyl halides is 3. The number of benzene rings is 3. The summed E-state index contributed by atoms with van der Waals surface area (Å²) in [6, 6.07) is 16.3. The maximum absolute atomic E-state index is 13.5. The highest BCUT2D eigenvalue weighted by Crippen LogP contribution is 2.36. The molecule has 0 bridgehead atoms. The van der Waals surface area contributed by atoms with Crippen LogP contribution in [0.3, 0.4) is 0 Å². The molecular formula is C28H19F3N2O7. The van der Waals surface area contributed by atoms with Crippen molar-refractivity contribution in [3.05, 3.63) is 99.8 Å². The molecule has 1 amide bonds. The molecule has 2 N–H and O–H groups in total. The van der Waals surface area contributed by atoms with Crippen molar-refractivity contribution in [2.45, 2.75) is 12.3 Å². The Bertz CT molecular complexity index is 1710. The summed E-state index contributed by atoms with van der Waals surface area (Å²) in [5, 5.41) is 9.74. The molecule has 12 heteroatoms. The minimum Gasteiger partial charge on any atom is -0.478 e. The van der Waals surface area contributed by atoms with E-state index in [4.69, 9.17) is 9.47 Å². The molecule has 1 aromatic heterocycles. The number of cyclic esters (lactones) is 1. The Morgan fingerprint density at radius 3 is 2.42 bits per heavy atom. The first kappa shape index (κ1) is 26.5. The zero-order valence-electron chi connectivity index (χ0n) is 20.4. The van der Waals surface area contributed by atoms with Gasteiger partial charge in [-0.15, -0.1) is 0 Å². The third kappa shape index (κ3) is 5.10. The largest absolute Gasteiger partial charge is 0.478 e. The van der Waals surface area contributed by atoms with Crippen LogP contribution in [0.2, 0.25) is 0 Å². The summed E-state index contributed by atoms with van der Waals surface area (Å²) in [6.07, 6.45) is -6.26. The second-order valence-electron chi connectivity index (χ2n) is 8.89. The molecule has 0 aliphatic carbocycles. The average molecular weight is 552 g/mol. The number of anilines is 1. The second-order valence-corrected chi connectivity index (χ2v) is 8.89. The van der Waals surface area contributed by atoms with Gasteiger partial charge in [0.25, 0.3) is 5.56 Å². The normalized spacial score (nSPS) is 15.2. The molecule has 204 valence electrons. The van der Waals surface area contributed by atoms with Crippen molar-refractivity contribution in [3.8, 4) is 11.3 Å². The van der Waals surface area contributed by atoms with Crippen LogP contribution in [-0.4, -0.2) is 47.4 Å². The maximum Gasteiger partial charge on any atom is 0.417 e. The van der Waals surface area contributed by atoms with Crippen LogP contribution in [0.1, 0.15) is 26.3 Å². The standard InChI is InChI=1S/C28H19F3N2O7/c29-28(30,31)22-8-4-3-7-20(22)23-11-15-9-10-16(12-21(15)24(34)32-23)33-13-17(40-27(33)38)14-39-26(37)19-6-2-1-5-18(19)25(35)36/h1-12,17H,13-14H2,(H,32,34)(H,35,36). The van der Waals surface area contributed by atoms with E-state index >= 15 is 0 Å². The number of H-pyrrole nitrogens is 1. The summed E-state index contributed by atoms with van der Waals surface area (Å²) in [5.74, 6) is -2.19. The number of carboxylic acids is 1. The van der Waals surface area contributed by atoms with E-state index in [1.165, 1.54) is 71.6 Å². The highest BCUT2D eigenvalue weighted by atomic mass is 19.4. The van der Waals surface area contributed by atoms with Crippen LogP contribution in [0, 0.1) is 0 Å². The van der Waals surface area contributed by atoms with E-state index in [0.29, 0.717) is 5.39 Å². The molecule has 2 heterocycles. The number of fused-ring (bicyclic) bond motifs is 1. The molecule has 1 aliphatic rings. The number of hydrogen-bond donors (Lipinski definition) is 2. The number of nitrogens with zero attached hydrogens (tertiary/aromatic N) is 1. The fourth-order valence-corrected chi connectivity index (χ4v) is 4.44. The number of ether oxygens (including phenoxy) is 2. The lowest BCUT2D eigenvalue weighted by atomic mass is 10.0. The summed E-state index contributed by atoms with van der Waals surface area (Å²) < 4.78 is 50.9. The third-order valence-electron chi connectivity index (χ3n) is 6.32. The molecule has 1 fully saturated rings. The van der Waals surface area contributed by atoms with Crippen molar-refractivity contribution in [3.63, 3.8) is 0 Å². The van der Waals surface area contributed by atoms with Gasteiger partial charge >= 0.3 is 24.2 Å². The zero-order valence-corrected chi connectivity index (χ0v) is 20.4. The Balaban J connectivity index is 1.34. The van der Waals surface area contributed by atoms with Crippen molar-refractivity contribution < 1.29 is 42.1 Å². The van der Waals surface area contributed by atoms with E-state index in [0.717, 1.165) is 6.07 Å². The Morgan fingerprint density at radius 2 is 1.70 bits per heavy atom. The molecule has 5 rings (SSSR count). The lowest BCUT2D eigenvalue weighted by molar-refractivity contribution is -0.137. The first-order valence-corrected chi connectivity index (χ1v) is 11.8. The number of rotatable bonds is 6. The van der Waals surface area contributed by atoms with Crippen molar-refractivity contribution >= 4 is 34.5 Å². The van der Waals surface area contributed by atoms with Crippen molar-refractivity contribution in [1.29, 1.82) is 0 Å². The van der Waals surface area contributed by atoms with Gasteiger partial charge in [0.15, 0.2) is 6.10 Å². The Labute approximate surface area is 223 Å². The lowest BCUT2D eigenvalue weighted by Crippen LogP contribution is -2.27. The molecule has 4 aromatic rings. The Kier molecular flexibility index (Phi) is 6.76. The number of carboxylic acid groups (broad SMARTS) is 1. The molecule has 1 saturated heterocycles. The lowest BCUT2D eigenvalue weighted by Gasteiger charge is -2.15. The van der Waals surface area contributed by atoms with E-state index in [9.17, 15) is 37.5 Å². The Morgan fingerprint density at radius 1 is 1.00 bits per heavy atom. The first-order chi connectivity index (χ1) is 19.0. The molecule has 1 unspecified atom stereocenters. The zero-order chi connectivity index (χ0) is 28.6. The van der Waals surface area contributed by atoms with Gasteiger partial charge in [0.05, 0.1) is 23.2 Å². The molecule has 1 aliphatic heterocycles. The summed E-state index contributed by atoms with van der Waals surface area (Å²) in [5.41, 5.74) is -1.82. The molecule has 1 atom stereocenters. The van der Waals surface area contributed by atoms with Crippen molar-refractivity contribution in [1.82, 2.24) is 4.98 Å². The van der Waals surface area contributed by atoms with E-state index < -0.39 is 41.4 Å². The number of carbonyl (C=O) groups excluding carboxylic acids is 2. The number of aromatic carboxylic acids is 1. The van der Waals surface area contributed by atoms with Gasteiger partial charge in [-0.2, -0.15) is 13.2 Å². The topological polar surface area (TPSA) is 126 Å². The minimum atomic E-state index is -4.62. The second kappa shape index (κ2) is 10.2. The number of amides is 1. The highest BCUT2D eigenvalue weighted by molar-refractivity contribution is 6.02. The number of hydrogen-bond acceptors (Lipinski definition) is 6. The van der Waals surface area contributed by atoms with Crippen LogP contribution in [0.4, 0.5) is 23.7 Å². The van der Waals surface area contributed by atoms with E-state index in [-0.39, 0.29) is 46.6 Å². The molecule has 0 spiro atoms. The average Bonchev–Trinajstić information content (AvgIpc) is 3.31. The van der Waals surface area contributed by atoms with Crippen LogP contribution in [-0.2, 0) is 15.7 Å². The minimum absolute atomic E-state index is 0.00916. The Hall–Kier alpha value is -5.13. The predicted molar refractivity (Wildman–Crippen MR) is 136 cm³/mol. The summed E-state index contributed by atoms with van der Waals surface area (Å²) in [6.45, 7) is -0.377. The monoisotopic (exact) mass is 552 g/mol. The number of esters is 1. The fourth-order valence-electron chi connectivity index (χ4n) is 4.44. The van der Waals surface area contributed by atoms with Crippen LogP contribution in [0.25, 0.3) is 22.0 Å². The number of aromatic nitrogens is 1. The summed E-state index contributed by atoms with van der Waals surface area (Å²) in [4.78, 5) is 52.8. The van der Waals surface area contributed by atoms with E-state index in [1.807, 2.05) is 0 Å². The van der Waals surface area contributed by atoms with Gasteiger partial charge in [-0.1, -0.05) is 36.4 Å². The van der Waals surface area contributed by atoms with Gasteiger partial charge in [-0.3, -0.25) is 9.69 Å². The van der Waals surface area contributed by atoms with Gasteiger partial charge in [-0.05, 0) is 41.8 Å². The van der Waals surface area contributed by atoms with Crippen molar-refractivity contribution in [2.75, 3.05) is 18.1 Å². The highest BCUT2D eigenvalue weighted by Gasteiger charge is 2.35. The number of aromatic amines is 1. The van der Waals surface area contributed by atoms with Crippen molar-refractivity contribution in [2.24, 2.45) is 0 Å².